The van der Waals surface area contributed by atoms with Crippen molar-refractivity contribution in [1.29, 1.82) is 0 Å². The number of amides is 1. The highest BCUT2D eigenvalue weighted by Crippen LogP contribution is 2.32. The van der Waals surface area contributed by atoms with Crippen LogP contribution in [0.3, 0.4) is 0 Å². The molecule has 3 N–H and O–H groups in total. The largest absolute Gasteiger partial charge is 0.342 e. The zero-order chi connectivity index (χ0) is 22.9. The van der Waals surface area contributed by atoms with Crippen molar-refractivity contribution in [3.05, 3.63) is 72.3 Å². The molecule has 8 heteroatoms. The summed E-state index contributed by atoms with van der Waals surface area (Å²) in [6.45, 7) is 1.74. The molecular weight excluding hydrogens is 453 g/mol. The summed E-state index contributed by atoms with van der Waals surface area (Å²) in [7, 11) is 0. The van der Waals surface area contributed by atoms with Gasteiger partial charge in [-0.05, 0) is 67.3 Å². The summed E-state index contributed by atoms with van der Waals surface area (Å²) in [5.74, 6) is -0.238. The predicted octanol–water partition coefficient (Wildman–Crippen LogP) is 5.46. The molecule has 2 aromatic heterocycles. The quantitative estimate of drug-likeness (QED) is 0.408. The highest BCUT2D eigenvalue weighted by Gasteiger charge is 2.24. The van der Waals surface area contributed by atoms with E-state index in [0.717, 1.165) is 59.0 Å². The summed E-state index contributed by atoms with van der Waals surface area (Å²) in [5, 5.41) is 8.22. The molecule has 1 saturated carbocycles. The zero-order valence-electron chi connectivity index (χ0n) is 18.9. The van der Waals surface area contributed by atoms with Crippen molar-refractivity contribution in [3.63, 3.8) is 0 Å². The van der Waals surface area contributed by atoms with Gasteiger partial charge in [0.05, 0.1) is 17.4 Å². The number of rotatable bonds is 3. The molecule has 2 aromatic carbocycles. The minimum atomic E-state index is -0.260. The van der Waals surface area contributed by atoms with Crippen LogP contribution in [0, 0.1) is 12.7 Å². The number of aromatic nitrogens is 3. The van der Waals surface area contributed by atoms with Gasteiger partial charge < -0.3 is 11.1 Å². The first kappa shape index (κ1) is 23.9. The SMILES string of the molecule is Cc1cc(-c2ncccc2-c2ccc3c(cnn3C(=O)N[C@@H]3CCCC[C@H]3N)c2)ccc1F.Cl. The zero-order valence-corrected chi connectivity index (χ0v) is 19.7. The number of aryl methyl sites for hydroxylation is 1. The number of carbonyl (C=O) groups is 1. The van der Waals surface area contributed by atoms with E-state index in [-0.39, 0.29) is 36.3 Å². The second kappa shape index (κ2) is 9.91. The third-order valence-electron chi connectivity index (χ3n) is 6.44. The third kappa shape index (κ3) is 4.54. The molecule has 1 fully saturated rings. The molecular formula is C26H27ClFN5O. The Morgan fingerprint density at radius 3 is 2.71 bits per heavy atom. The Morgan fingerprint density at radius 2 is 1.91 bits per heavy atom. The lowest BCUT2D eigenvalue weighted by atomic mass is 9.91. The minimum absolute atomic E-state index is 0. The van der Waals surface area contributed by atoms with E-state index < -0.39 is 0 Å². The first-order chi connectivity index (χ1) is 16.0. The van der Waals surface area contributed by atoms with Crippen LogP contribution in [0.25, 0.3) is 33.3 Å². The van der Waals surface area contributed by atoms with Crippen LogP contribution in [0.4, 0.5) is 9.18 Å². The van der Waals surface area contributed by atoms with Gasteiger partial charge in [0.25, 0.3) is 0 Å². The molecule has 1 aliphatic rings. The number of halogens is 2. The van der Waals surface area contributed by atoms with Crippen molar-refractivity contribution in [2.45, 2.75) is 44.7 Å². The Morgan fingerprint density at radius 1 is 1.12 bits per heavy atom. The van der Waals surface area contributed by atoms with Crippen molar-refractivity contribution in [2.24, 2.45) is 5.73 Å². The van der Waals surface area contributed by atoms with Gasteiger partial charge in [0, 0.05) is 34.8 Å². The molecule has 6 nitrogen and oxygen atoms in total. The fourth-order valence-electron chi connectivity index (χ4n) is 4.58. The molecule has 0 bridgehead atoms. The number of benzene rings is 2. The number of carbonyl (C=O) groups excluding carboxylic acids is 1. The lowest BCUT2D eigenvalue weighted by Crippen LogP contribution is -2.50. The summed E-state index contributed by atoms with van der Waals surface area (Å²) in [6.07, 6.45) is 7.42. The fourth-order valence-corrected chi connectivity index (χ4v) is 4.58. The minimum Gasteiger partial charge on any atom is -0.332 e. The summed E-state index contributed by atoms with van der Waals surface area (Å²) in [6, 6.07) is 14.4. The van der Waals surface area contributed by atoms with Crippen LogP contribution >= 0.6 is 12.4 Å². The Kier molecular flexibility index (Phi) is 6.95. The summed E-state index contributed by atoms with van der Waals surface area (Å²) < 4.78 is 15.2. The second-order valence-corrected chi connectivity index (χ2v) is 8.70. The van der Waals surface area contributed by atoms with Gasteiger partial charge in [0.15, 0.2) is 0 Å². The maximum Gasteiger partial charge on any atom is 0.342 e. The van der Waals surface area contributed by atoms with Crippen molar-refractivity contribution in [3.8, 4) is 22.4 Å². The Balaban J connectivity index is 0.00000274. The molecule has 0 spiro atoms. The van der Waals surface area contributed by atoms with Crippen LogP contribution in [-0.2, 0) is 0 Å². The van der Waals surface area contributed by atoms with Gasteiger partial charge in [-0.15, -0.1) is 12.4 Å². The molecule has 176 valence electrons. The first-order valence-electron chi connectivity index (χ1n) is 11.3. The van der Waals surface area contributed by atoms with Crippen LogP contribution in [0.5, 0.6) is 0 Å². The molecule has 0 saturated heterocycles. The summed E-state index contributed by atoms with van der Waals surface area (Å²) >= 11 is 0. The van der Waals surface area contributed by atoms with E-state index in [1.165, 1.54) is 10.7 Å². The van der Waals surface area contributed by atoms with Gasteiger partial charge in [-0.1, -0.05) is 25.0 Å². The monoisotopic (exact) mass is 479 g/mol. The molecule has 1 amide bonds. The van der Waals surface area contributed by atoms with Crippen LogP contribution in [0.1, 0.15) is 31.2 Å². The van der Waals surface area contributed by atoms with Gasteiger partial charge in [-0.3, -0.25) is 4.98 Å². The number of nitrogens with one attached hydrogen (secondary N) is 1. The van der Waals surface area contributed by atoms with Crippen molar-refractivity contribution >= 4 is 29.3 Å². The molecule has 0 radical (unpaired) electrons. The number of fused-ring (bicyclic) bond motifs is 1. The van der Waals surface area contributed by atoms with E-state index in [4.69, 9.17) is 5.73 Å². The van der Waals surface area contributed by atoms with Gasteiger partial charge in [0.1, 0.15) is 5.82 Å². The van der Waals surface area contributed by atoms with E-state index in [0.29, 0.717) is 5.56 Å². The van der Waals surface area contributed by atoms with Crippen LogP contribution in [0.2, 0.25) is 0 Å². The summed E-state index contributed by atoms with van der Waals surface area (Å²) in [5.41, 5.74) is 11.0. The normalized spacial score (nSPS) is 17.9. The first-order valence-corrected chi connectivity index (χ1v) is 11.3. The fraction of sp³-hybridized carbons (Fsp3) is 0.269. The van der Waals surface area contributed by atoms with Crippen molar-refractivity contribution < 1.29 is 9.18 Å². The highest BCUT2D eigenvalue weighted by molar-refractivity contribution is 5.93. The van der Waals surface area contributed by atoms with Gasteiger partial charge in [-0.25, -0.2) is 9.18 Å². The standard InChI is InChI=1S/C26H26FN5O.ClH/c1-16-13-18(8-10-21(16)27)25-20(5-4-12-29-25)17-9-11-24-19(14-17)15-30-32(24)26(33)31-23-7-3-2-6-22(23)28;/h4-5,8-15,22-23H,2-3,6-7,28H2,1H3,(H,31,33);1H/t22-,23-;/m1./s1. The maximum atomic E-state index is 13.8. The number of nitrogens with two attached hydrogens (primary N) is 1. The smallest absolute Gasteiger partial charge is 0.332 e. The molecule has 34 heavy (non-hydrogen) atoms. The van der Waals surface area contributed by atoms with E-state index in [1.54, 1.807) is 31.5 Å². The van der Waals surface area contributed by atoms with Gasteiger partial charge in [0.2, 0.25) is 0 Å². The van der Waals surface area contributed by atoms with E-state index >= 15 is 0 Å². The van der Waals surface area contributed by atoms with E-state index in [2.05, 4.69) is 15.4 Å². The molecule has 0 aliphatic heterocycles. The molecule has 5 rings (SSSR count). The second-order valence-electron chi connectivity index (χ2n) is 8.70. The lowest BCUT2D eigenvalue weighted by molar-refractivity contribution is 0.228. The lowest BCUT2D eigenvalue weighted by Gasteiger charge is -2.29. The van der Waals surface area contributed by atoms with Crippen LogP contribution in [-0.4, -0.2) is 32.9 Å². The average molecular weight is 480 g/mol. The maximum absolute atomic E-state index is 13.8. The van der Waals surface area contributed by atoms with Crippen molar-refractivity contribution in [1.82, 2.24) is 20.1 Å². The molecule has 4 aromatic rings. The average Bonchev–Trinajstić information content (AvgIpc) is 3.26. The topological polar surface area (TPSA) is 85.8 Å². The molecule has 1 aliphatic carbocycles. The van der Waals surface area contributed by atoms with E-state index in [1.807, 2.05) is 30.3 Å². The Hall–Kier alpha value is -3.29. The van der Waals surface area contributed by atoms with Crippen LogP contribution < -0.4 is 11.1 Å². The van der Waals surface area contributed by atoms with Gasteiger partial charge >= 0.3 is 6.03 Å². The Bertz CT molecular complexity index is 1340. The molecule has 2 atom stereocenters. The highest BCUT2D eigenvalue weighted by atomic mass is 35.5. The molecule has 2 heterocycles. The summed E-state index contributed by atoms with van der Waals surface area (Å²) in [4.78, 5) is 17.4. The molecule has 0 unspecified atom stereocenters. The Labute approximate surface area is 203 Å². The van der Waals surface area contributed by atoms with E-state index in [9.17, 15) is 9.18 Å². The van der Waals surface area contributed by atoms with Crippen LogP contribution in [0.15, 0.2) is 60.9 Å². The van der Waals surface area contributed by atoms with Crippen molar-refractivity contribution in [2.75, 3.05) is 0 Å². The third-order valence-corrected chi connectivity index (χ3v) is 6.44. The number of hydrogen-bond acceptors (Lipinski definition) is 4. The predicted molar refractivity (Wildman–Crippen MR) is 135 cm³/mol. The number of nitrogens with zero attached hydrogens (tertiary/aromatic N) is 3. The number of pyridine rings is 1. The number of hydrogen-bond donors (Lipinski definition) is 2. The van der Waals surface area contributed by atoms with Gasteiger partial charge in [-0.2, -0.15) is 9.78 Å².